The third kappa shape index (κ3) is 1.99. The summed E-state index contributed by atoms with van der Waals surface area (Å²) in [6.07, 6.45) is 0. The Morgan fingerprint density at radius 1 is 1.50 bits per heavy atom. The molecule has 0 saturated heterocycles. The Labute approximate surface area is 71.4 Å². The maximum absolute atomic E-state index is 10.7. The molecular weight excluding hydrogens is 154 g/mol. The second-order valence-corrected chi connectivity index (χ2v) is 2.32. The van der Waals surface area contributed by atoms with E-state index in [1.165, 1.54) is 6.92 Å². The van der Waals surface area contributed by atoms with Crippen LogP contribution in [0.25, 0.3) is 0 Å². The van der Waals surface area contributed by atoms with E-state index in [9.17, 15) is 4.79 Å². The number of ether oxygens (including phenoxy) is 1. The van der Waals surface area contributed by atoms with Crippen LogP contribution in [0.1, 0.15) is 6.92 Å². The summed E-state index contributed by atoms with van der Waals surface area (Å²) in [6, 6.07) is 7.11. The van der Waals surface area contributed by atoms with E-state index in [2.05, 4.69) is 12.4 Å². The Morgan fingerprint density at radius 2 is 2.17 bits per heavy atom. The van der Waals surface area contributed by atoms with E-state index in [1.54, 1.807) is 12.1 Å². The molecule has 63 valence electrons. The summed E-state index contributed by atoms with van der Waals surface area (Å²) in [4.78, 5) is 10.7. The van der Waals surface area contributed by atoms with E-state index in [0.717, 1.165) is 0 Å². The van der Waals surface area contributed by atoms with Crippen LogP contribution >= 0.6 is 0 Å². The van der Waals surface area contributed by atoms with Gasteiger partial charge in [-0.05, 0) is 12.1 Å². The molecule has 0 fully saturated rings. The van der Waals surface area contributed by atoms with Crippen LogP contribution in [-0.2, 0) is 4.79 Å². The van der Waals surface area contributed by atoms with Crippen molar-refractivity contribution in [1.29, 1.82) is 0 Å². The first-order valence-corrected chi connectivity index (χ1v) is 3.52. The van der Waals surface area contributed by atoms with Crippen LogP contribution in [0.5, 0.6) is 5.75 Å². The van der Waals surface area contributed by atoms with Gasteiger partial charge in [-0.15, -0.1) is 0 Å². The van der Waals surface area contributed by atoms with Crippen molar-refractivity contribution in [1.82, 2.24) is 0 Å². The van der Waals surface area contributed by atoms with Crippen LogP contribution in [-0.4, -0.2) is 5.91 Å². The first kappa shape index (κ1) is 8.59. The van der Waals surface area contributed by atoms with Crippen LogP contribution in [0, 0.1) is 7.11 Å². The van der Waals surface area contributed by atoms with Gasteiger partial charge in [0, 0.05) is 6.92 Å². The number of hydrogen-bond acceptors (Lipinski definition) is 2. The van der Waals surface area contributed by atoms with Gasteiger partial charge in [-0.2, -0.15) is 0 Å². The van der Waals surface area contributed by atoms with Gasteiger partial charge in [-0.1, -0.05) is 12.1 Å². The second-order valence-electron chi connectivity index (χ2n) is 2.32. The monoisotopic (exact) mass is 164 g/mol. The first-order chi connectivity index (χ1) is 5.74. The molecule has 0 aromatic heterocycles. The largest absolute Gasteiger partial charge is 0.488 e. The number of para-hydroxylation sites is 2. The molecule has 1 N–H and O–H groups in total. The van der Waals surface area contributed by atoms with Gasteiger partial charge in [0.15, 0.2) is 0 Å². The lowest BCUT2D eigenvalue weighted by molar-refractivity contribution is -0.114. The van der Waals surface area contributed by atoms with Crippen LogP contribution < -0.4 is 10.1 Å². The molecule has 0 atom stereocenters. The van der Waals surface area contributed by atoms with Gasteiger partial charge in [0.2, 0.25) is 5.91 Å². The Hall–Kier alpha value is -1.51. The van der Waals surface area contributed by atoms with Gasteiger partial charge in [0.25, 0.3) is 0 Å². The van der Waals surface area contributed by atoms with Crippen molar-refractivity contribution in [2.45, 2.75) is 6.92 Å². The summed E-state index contributed by atoms with van der Waals surface area (Å²) >= 11 is 0. The van der Waals surface area contributed by atoms with Crippen molar-refractivity contribution < 1.29 is 9.53 Å². The molecule has 1 rings (SSSR count). The van der Waals surface area contributed by atoms with Crippen molar-refractivity contribution in [2.75, 3.05) is 5.32 Å². The Morgan fingerprint density at radius 3 is 2.75 bits per heavy atom. The molecule has 3 heteroatoms. The number of benzene rings is 1. The van der Waals surface area contributed by atoms with Gasteiger partial charge < -0.3 is 10.1 Å². The van der Waals surface area contributed by atoms with E-state index in [-0.39, 0.29) is 5.91 Å². The van der Waals surface area contributed by atoms with Crippen molar-refractivity contribution in [3.8, 4) is 5.75 Å². The summed E-state index contributed by atoms with van der Waals surface area (Å²) in [5.74, 6) is 0.437. The average molecular weight is 164 g/mol. The molecular formula is C9H10NO2. The lowest BCUT2D eigenvalue weighted by Crippen LogP contribution is -2.06. The lowest BCUT2D eigenvalue weighted by atomic mass is 10.3. The Bertz CT molecular complexity index is 284. The molecule has 0 saturated carbocycles. The SMILES string of the molecule is [CH2]Oc1ccccc1NC(C)=O. The second kappa shape index (κ2) is 3.76. The third-order valence-corrected chi connectivity index (χ3v) is 1.35. The van der Waals surface area contributed by atoms with Crippen LogP contribution in [0.15, 0.2) is 24.3 Å². The van der Waals surface area contributed by atoms with E-state index in [0.29, 0.717) is 11.4 Å². The number of nitrogens with one attached hydrogen (secondary N) is 1. The van der Waals surface area contributed by atoms with Crippen LogP contribution in [0.3, 0.4) is 0 Å². The first-order valence-electron chi connectivity index (χ1n) is 3.52. The minimum Gasteiger partial charge on any atom is -0.488 e. The number of rotatable bonds is 2. The fourth-order valence-corrected chi connectivity index (χ4v) is 0.885. The highest BCUT2D eigenvalue weighted by Crippen LogP contribution is 2.22. The van der Waals surface area contributed by atoms with Crippen LogP contribution in [0.2, 0.25) is 0 Å². The van der Waals surface area contributed by atoms with Gasteiger partial charge >= 0.3 is 0 Å². The van der Waals surface area contributed by atoms with Gasteiger partial charge in [-0.25, -0.2) is 0 Å². The highest BCUT2D eigenvalue weighted by molar-refractivity contribution is 5.90. The van der Waals surface area contributed by atoms with Crippen molar-refractivity contribution >= 4 is 11.6 Å². The number of hydrogen-bond donors (Lipinski definition) is 1. The van der Waals surface area contributed by atoms with E-state index in [1.807, 2.05) is 12.1 Å². The number of anilines is 1. The molecule has 0 spiro atoms. The molecule has 1 amide bonds. The fourth-order valence-electron chi connectivity index (χ4n) is 0.885. The molecule has 0 heterocycles. The zero-order valence-electron chi connectivity index (χ0n) is 6.83. The highest BCUT2D eigenvalue weighted by atomic mass is 16.5. The highest BCUT2D eigenvalue weighted by Gasteiger charge is 2.01. The maximum atomic E-state index is 10.7. The number of carbonyl (C=O) groups is 1. The van der Waals surface area contributed by atoms with Gasteiger partial charge in [0.05, 0.1) is 5.69 Å². The molecule has 0 aliphatic carbocycles. The van der Waals surface area contributed by atoms with Crippen LogP contribution in [0.4, 0.5) is 5.69 Å². The Balaban J connectivity index is 2.89. The minimum absolute atomic E-state index is 0.125. The predicted molar refractivity (Wildman–Crippen MR) is 46.7 cm³/mol. The molecule has 1 aromatic rings. The summed E-state index contributed by atoms with van der Waals surface area (Å²) < 4.78 is 4.78. The molecule has 12 heavy (non-hydrogen) atoms. The van der Waals surface area contributed by atoms with Crippen molar-refractivity contribution in [3.05, 3.63) is 31.4 Å². The van der Waals surface area contributed by atoms with Crippen molar-refractivity contribution in [3.63, 3.8) is 0 Å². The normalized spacial score (nSPS) is 9.17. The minimum atomic E-state index is -0.125. The standard InChI is InChI=1S/C9H10NO2/c1-7(11)10-8-5-3-4-6-9(8)12-2/h3-6H,2H2,1H3,(H,10,11). The van der Waals surface area contributed by atoms with Gasteiger partial charge in [0.1, 0.15) is 12.9 Å². The lowest BCUT2D eigenvalue weighted by Gasteiger charge is -2.06. The summed E-state index contributed by atoms with van der Waals surface area (Å²) in [6.45, 7) is 1.44. The average Bonchev–Trinajstić information content (AvgIpc) is 2.04. The van der Waals surface area contributed by atoms with E-state index in [4.69, 9.17) is 4.74 Å². The molecule has 1 aromatic carbocycles. The molecule has 3 nitrogen and oxygen atoms in total. The quantitative estimate of drug-likeness (QED) is 0.724. The molecule has 0 aliphatic heterocycles. The fraction of sp³-hybridized carbons (Fsp3) is 0.111. The Kier molecular flexibility index (Phi) is 2.69. The number of carbonyl (C=O) groups excluding carboxylic acids is 1. The third-order valence-electron chi connectivity index (χ3n) is 1.35. The topological polar surface area (TPSA) is 38.3 Å². The zero-order valence-corrected chi connectivity index (χ0v) is 6.83. The molecule has 1 radical (unpaired) electrons. The maximum Gasteiger partial charge on any atom is 0.221 e. The number of amides is 1. The molecule has 0 unspecified atom stereocenters. The summed E-state index contributed by atoms with van der Waals surface area (Å²) in [7, 11) is 3.27. The molecule has 0 aliphatic rings. The predicted octanol–water partition coefficient (Wildman–Crippen LogP) is 1.82. The smallest absolute Gasteiger partial charge is 0.221 e. The van der Waals surface area contributed by atoms with E-state index < -0.39 is 0 Å². The van der Waals surface area contributed by atoms with E-state index >= 15 is 0 Å². The summed E-state index contributed by atoms with van der Waals surface area (Å²) in [5, 5.41) is 2.62. The molecule has 0 bridgehead atoms. The summed E-state index contributed by atoms with van der Waals surface area (Å²) in [5.41, 5.74) is 0.639. The van der Waals surface area contributed by atoms with Crippen molar-refractivity contribution in [2.24, 2.45) is 0 Å². The zero-order chi connectivity index (χ0) is 8.97. The van der Waals surface area contributed by atoms with Gasteiger partial charge in [-0.3, -0.25) is 4.79 Å².